The van der Waals surface area contributed by atoms with Crippen molar-refractivity contribution in [2.24, 2.45) is 0 Å². The van der Waals surface area contributed by atoms with Gasteiger partial charge in [-0.25, -0.2) is 4.39 Å². The molecule has 7 heteroatoms. The minimum atomic E-state index is -3.06. The monoisotopic (exact) mass is 323 g/mol. The first-order valence-electron chi connectivity index (χ1n) is 4.04. The first-order chi connectivity index (χ1) is 6.56. The Labute approximate surface area is 93.3 Å². The van der Waals surface area contributed by atoms with E-state index in [1.165, 1.54) is 0 Å². The average molecular weight is 323 g/mol. The van der Waals surface area contributed by atoms with Crippen molar-refractivity contribution in [1.82, 2.24) is 4.90 Å². The number of hydrogen-bond donors (Lipinski definition) is 0. The van der Waals surface area contributed by atoms with Crippen LogP contribution in [0.5, 0.6) is 0 Å². The van der Waals surface area contributed by atoms with Gasteiger partial charge in [0.05, 0.1) is 6.54 Å². The molecular weight excluding hydrogens is 314 g/mol. The Kier molecular flexibility index (Phi) is 4.42. The molecule has 1 aliphatic rings. The summed E-state index contributed by atoms with van der Waals surface area (Å²) in [6, 6.07) is 0. The fourth-order valence-corrected chi connectivity index (χ4v) is 1.89. The van der Waals surface area contributed by atoms with E-state index in [9.17, 15) is 18.0 Å². The van der Waals surface area contributed by atoms with Crippen LogP contribution in [0.4, 0.5) is 13.2 Å². The molecule has 1 fully saturated rings. The van der Waals surface area contributed by atoms with E-state index in [2.05, 4.69) is 0 Å². The van der Waals surface area contributed by atoms with E-state index in [-0.39, 0.29) is 19.5 Å². The van der Waals surface area contributed by atoms with Gasteiger partial charge < -0.3 is 7.97 Å². The number of rotatable bonds is 2. The van der Waals surface area contributed by atoms with Crippen molar-refractivity contribution >= 4 is 28.9 Å². The Morgan fingerprint density at radius 1 is 1.57 bits per heavy atom. The lowest BCUT2D eigenvalue weighted by Crippen LogP contribution is -2.49. The van der Waals surface area contributed by atoms with Crippen LogP contribution < -0.4 is 0 Å². The molecule has 1 amide bonds. The minimum Gasteiger partial charge on any atom is -0.335 e. The predicted octanol–water partition coefficient (Wildman–Crippen LogP) is 1.56. The third kappa shape index (κ3) is 2.72. The zero-order valence-corrected chi connectivity index (χ0v) is 9.29. The molecule has 1 heterocycles. The normalized spacial score (nSPS) is 28.2. The zero-order chi connectivity index (χ0) is 10.7. The zero-order valence-electron chi connectivity index (χ0n) is 7.13. The van der Waals surface area contributed by atoms with Crippen LogP contribution in [-0.2, 0) is 7.86 Å². The first kappa shape index (κ1) is 12.0. The quantitative estimate of drug-likeness (QED) is 0.722. The molecule has 0 radical (unpaired) electrons. The standard InChI is InChI=1S/C7H9F3INO2/c8-4-3-12(7(13)6(9)10)2-1-5(4)14-11/h4-6H,1-3H2/t4-,5+/m1/s1. The molecule has 1 saturated heterocycles. The Bertz CT molecular complexity index is 217. The topological polar surface area (TPSA) is 29.5 Å². The summed E-state index contributed by atoms with van der Waals surface area (Å²) < 4.78 is 41.9. The Morgan fingerprint density at radius 3 is 2.64 bits per heavy atom. The summed E-state index contributed by atoms with van der Waals surface area (Å²) in [6.45, 7) is -0.186. The average Bonchev–Trinajstić information content (AvgIpc) is 2.16. The molecule has 1 aliphatic heterocycles. The molecule has 0 aromatic carbocycles. The van der Waals surface area contributed by atoms with Crippen LogP contribution in [0.15, 0.2) is 0 Å². The van der Waals surface area contributed by atoms with Crippen molar-refractivity contribution in [2.45, 2.75) is 25.1 Å². The number of amides is 1. The van der Waals surface area contributed by atoms with E-state index < -0.39 is 24.6 Å². The van der Waals surface area contributed by atoms with Crippen LogP contribution in [0.2, 0.25) is 0 Å². The summed E-state index contributed by atoms with van der Waals surface area (Å²) >= 11 is 1.57. The number of hydrogen-bond acceptors (Lipinski definition) is 2. The van der Waals surface area contributed by atoms with Gasteiger partial charge in [-0.1, -0.05) is 0 Å². The summed E-state index contributed by atoms with van der Waals surface area (Å²) in [4.78, 5) is 11.6. The Morgan fingerprint density at radius 2 is 2.21 bits per heavy atom. The third-order valence-corrected chi connectivity index (χ3v) is 2.75. The maximum absolute atomic E-state index is 13.2. The molecule has 82 valence electrons. The predicted molar refractivity (Wildman–Crippen MR) is 51.0 cm³/mol. The number of carbonyl (C=O) groups is 1. The van der Waals surface area contributed by atoms with Crippen LogP contribution >= 0.6 is 23.0 Å². The van der Waals surface area contributed by atoms with Gasteiger partial charge in [-0.3, -0.25) is 4.79 Å². The van der Waals surface area contributed by atoms with Crippen molar-refractivity contribution in [1.29, 1.82) is 0 Å². The number of piperidine rings is 1. The molecule has 0 saturated carbocycles. The van der Waals surface area contributed by atoms with Gasteiger partial charge in [-0.2, -0.15) is 8.78 Å². The highest BCUT2D eigenvalue weighted by Gasteiger charge is 2.34. The molecule has 14 heavy (non-hydrogen) atoms. The molecule has 1 rings (SSSR count). The molecule has 0 aromatic heterocycles. The molecule has 0 aliphatic carbocycles. The fraction of sp³-hybridized carbons (Fsp3) is 0.857. The van der Waals surface area contributed by atoms with Crippen molar-refractivity contribution in [3.8, 4) is 0 Å². The van der Waals surface area contributed by atoms with Gasteiger partial charge in [0.15, 0.2) is 0 Å². The smallest absolute Gasteiger partial charge is 0.315 e. The van der Waals surface area contributed by atoms with E-state index in [0.29, 0.717) is 0 Å². The minimum absolute atomic E-state index is 0.122. The number of carbonyl (C=O) groups excluding carboxylic acids is 1. The van der Waals surface area contributed by atoms with Crippen molar-refractivity contribution in [3.63, 3.8) is 0 Å². The van der Waals surface area contributed by atoms with E-state index in [1.54, 1.807) is 23.0 Å². The van der Waals surface area contributed by atoms with Crippen molar-refractivity contribution in [3.05, 3.63) is 0 Å². The molecule has 0 N–H and O–H groups in total. The van der Waals surface area contributed by atoms with E-state index in [1.807, 2.05) is 0 Å². The Balaban J connectivity index is 2.50. The largest absolute Gasteiger partial charge is 0.335 e. The van der Waals surface area contributed by atoms with Crippen LogP contribution in [0, 0.1) is 0 Å². The van der Waals surface area contributed by atoms with Crippen molar-refractivity contribution in [2.75, 3.05) is 13.1 Å². The lowest BCUT2D eigenvalue weighted by atomic mass is 10.1. The number of likely N-dealkylation sites (tertiary alicyclic amines) is 1. The second-order valence-corrected chi connectivity index (χ2v) is 3.53. The molecule has 2 atom stereocenters. The summed E-state index contributed by atoms with van der Waals surface area (Å²) in [5.41, 5.74) is 0. The van der Waals surface area contributed by atoms with Crippen LogP contribution in [0.1, 0.15) is 6.42 Å². The van der Waals surface area contributed by atoms with E-state index in [0.717, 1.165) is 4.90 Å². The van der Waals surface area contributed by atoms with Gasteiger partial charge in [0, 0.05) is 6.54 Å². The maximum atomic E-state index is 13.2. The molecular formula is C7H9F3INO2. The SMILES string of the molecule is O=C(C(F)F)N1CC[C@H](OI)[C@H](F)C1. The number of alkyl halides is 3. The number of halogens is 4. The molecule has 0 aromatic rings. The van der Waals surface area contributed by atoms with E-state index in [4.69, 9.17) is 3.07 Å². The van der Waals surface area contributed by atoms with Gasteiger partial charge in [0.1, 0.15) is 35.3 Å². The van der Waals surface area contributed by atoms with Gasteiger partial charge in [0.25, 0.3) is 5.91 Å². The summed E-state index contributed by atoms with van der Waals surface area (Å²) in [5, 5.41) is 0. The Hall–Kier alpha value is -0.0500. The first-order valence-corrected chi connectivity index (χ1v) is 4.92. The third-order valence-electron chi connectivity index (χ3n) is 2.09. The molecule has 0 unspecified atom stereocenters. The highest BCUT2D eigenvalue weighted by Crippen LogP contribution is 2.20. The summed E-state index contributed by atoms with van der Waals surface area (Å²) in [6.07, 6.45) is -4.79. The van der Waals surface area contributed by atoms with E-state index >= 15 is 0 Å². The van der Waals surface area contributed by atoms with Gasteiger partial charge >= 0.3 is 6.43 Å². The fourth-order valence-electron chi connectivity index (χ4n) is 1.32. The van der Waals surface area contributed by atoms with Crippen LogP contribution in [0.25, 0.3) is 0 Å². The highest BCUT2D eigenvalue weighted by molar-refractivity contribution is 14.1. The second kappa shape index (κ2) is 5.15. The highest BCUT2D eigenvalue weighted by atomic mass is 127. The summed E-state index contributed by atoms with van der Waals surface area (Å²) in [7, 11) is 0. The molecule has 0 spiro atoms. The lowest BCUT2D eigenvalue weighted by Gasteiger charge is -2.32. The molecule has 0 bridgehead atoms. The van der Waals surface area contributed by atoms with Gasteiger partial charge in [-0.15, -0.1) is 0 Å². The van der Waals surface area contributed by atoms with Crippen LogP contribution in [-0.4, -0.2) is 42.6 Å². The van der Waals surface area contributed by atoms with Gasteiger partial charge in [0.2, 0.25) is 0 Å². The second-order valence-electron chi connectivity index (χ2n) is 3.02. The lowest BCUT2D eigenvalue weighted by molar-refractivity contribution is -0.146. The van der Waals surface area contributed by atoms with Gasteiger partial charge in [-0.05, 0) is 6.42 Å². The summed E-state index contributed by atoms with van der Waals surface area (Å²) in [5.74, 6) is -1.31. The van der Waals surface area contributed by atoms with Crippen LogP contribution in [0.3, 0.4) is 0 Å². The number of nitrogens with zero attached hydrogens (tertiary/aromatic N) is 1. The molecule has 3 nitrogen and oxygen atoms in total. The maximum Gasteiger partial charge on any atom is 0.315 e. The van der Waals surface area contributed by atoms with Crippen molar-refractivity contribution < 1.29 is 21.0 Å².